The van der Waals surface area contributed by atoms with E-state index >= 15 is 0 Å². The number of hydrogen-bond acceptors (Lipinski definition) is 3. The van der Waals surface area contributed by atoms with Crippen LogP contribution in [-0.2, 0) is 11.6 Å². The Morgan fingerprint density at radius 2 is 1.86 bits per heavy atom. The molecule has 7 heteroatoms. The molecule has 0 saturated heterocycles. The molecule has 0 bridgehead atoms. The number of H-pyrrole nitrogens is 1. The molecule has 1 aliphatic rings. The van der Waals surface area contributed by atoms with E-state index < -0.39 is 11.9 Å². The molecule has 0 atom stereocenters. The van der Waals surface area contributed by atoms with E-state index in [1.807, 2.05) is 20.8 Å². The lowest BCUT2D eigenvalue weighted by molar-refractivity contribution is -0.141. The fourth-order valence-electron chi connectivity index (χ4n) is 2.67. The molecule has 1 fully saturated rings. The highest BCUT2D eigenvalue weighted by atomic mass is 19.4. The summed E-state index contributed by atoms with van der Waals surface area (Å²) < 4.78 is 39.6. The Balaban J connectivity index is 2.31. The highest BCUT2D eigenvalue weighted by molar-refractivity contribution is 5.64. The normalized spacial score (nSPS) is 16.1. The monoisotopic (exact) mass is 310 g/mol. The smallest absolute Gasteiger partial charge is 0.259 e. The van der Waals surface area contributed by atoms with E-state index in [4.69, 9.17) is 0 Å². The Morgan fingerprint density at radius 3 is 2.32 bits per heavy atom. The predicted molar refractivity (Wildman–Crippen MR) is 75.3 cm³/mol. The van der Waals surface area contributed by atoms with Gasteiger partial charge in [0.15, 0.2) is 5.82 Å². The van der Waals surface area contributed by atoms with Gasteiger partial charge in [-0.2, -0.15) is 18.3 Å². The zero-order valence-electron chi connectivity index (χ0n) is 12.6. The SMILES string of the molecule is CC(C)(C)c1c(-c2ncn[nH]2)cc(C(F)(F)F)nc1C1CC1. The van der Waals surface area contributed by atoms with Crippen LogP contribution in [0.3, 0.4) is 0 Å². The molecule has 118 valence electrons. The molecule has 2 heterocycles. The van der Waals surface area contributed by atoms with E-state index in [0.717, 1.165) is 24.5 Å². The third-order valence-electron chi connectivity index (χ3n) is 3.72. The average Bonchev–Trinajstić information content (AvgIpc) is 3.10. The van der Waals surface area contributed by atoms with Crippen molar-refractivity contribution in [2.75, 3.05) is 0 Å². The van der Waals surface area contributed by atoms with Crippen LogP contribution in [0, 0.1) is 0 Å². The van der Waals surface area contributed by atoms with Crippen LogP contribution in [0.15, 0.2) is 12.4 Å². The van der Waals surface area contributed by atoms with Crippen LogP contribution in [0.4, 0.5) is 13.2 Å². The van der Waals surface area contributed by atoms with Crippen LogP contribution >= 0.6 is 0 Å². The topological polar surface area (TPSA) is 54.5 Å². The molecular weight excluding hydrogens is 293 g/mol. The van der Waals surface area contributed by atoms with Crippen molar-refractivity contribution in [3.05, 3.63) is 29.3 Å². The summed E-state index contributed by atoms with van der Waals surface area (Å²) in [6.45, 7) is 5.93. The predicted octanol–water partition coefficient (Wildman–Crippen LogP) is 4.06. The molecule has 1 N–H and O–H groups in total. The number of pyridine rings is 1. The number of hydrogen-bond donors (Lipinski definition) is 1. The minimum absolute atomic E-state index is 0.109. The Hall–Kier alpha value is -1.92. The summed E-state index contributed by atoms with van der Waals surface area (Å²) in [6.07, 6.45) is -1.42. The standard InChI is InChI=1S/C15H17F3N4/c1-14(2,3)11-9(13-19-7-20-22-13)6-10(15(16,17)18)21-12(11)8-4-5-8/h6-8H,4-5H2,1-3H3,(H,19,20,22). The van der Waals surface area contributed by atoms with E-state index in [2.05, 4.69) is 20.2 Å². The minimum atomic E-state index is -4.48. The first-order chi connectivity index (χ1) is 10.2. The minimum Gasteiger partial charge on any atom is -0.259 e. The summed E-state index contributed by atoms with van der Waals surface area (Å²) in [5.41, 5.74) is 0.605. The second kappa shape index (κ2) is 4.79. The molecule has 22 heavy (non-hydrogen) atoms. The summed E-state index contributed by atoms with van der Waals surface area (Å²) in [7, 11) is 0. The van der Waals surface area contributed by atoms with Gasteiger partial charge in [-0.15, -0.1) is 0 Å². The first kappa shape index (κ1) is 15.0. The number of alkyl halides is 3. The zero-order valence-corrected chi connectivity index (χ0v) is 12.6. The van der Waals surface area contributed by atoms with Gasteiger partial charge in [-0.25, -0.2) is 9.97 Å². The number of rotatable bonds is 2. The van der Waals surface area contributed by atoms with Crippen molar-refractivity contribution in [3.8, 4) is 11.4 Å². The lowest BCUT2D eigenvalue weighted by atomic mass is 9.81. The maximum atomic E-state index is 13.2. The molecule has 2 aromatic heterocycles. The second-order valence-electron chi connectivity index (χ2n) is 6.67. The molecular formula is C15H17F3N4. The van der Waals surface area contributed by atoms with E-state index in [1.165, 1.54) is 6.33 Å². The van der Waals surface area contributed by atoms with Gasteiger partial charge in [0.25, 0.3) is 0 Å². The molecule has 0 unspecified atom stereocenters. The van der Waals surface area contributed by atoms with Crippen molar-refractivity contribution >= 4 is 0 Å². The first-order valence-corrected chi connectivity index (χ1v) is 7.16. The molecule has 0 spiro atoms. The van der Waals surface area contributed by atoms with Gasteiger partial charge >= 0.3 is 6.18 Å². The summed E-state index contributed by atoms with van der Waals surface area (Å²) in [6, 6.07) is 1.08. The number of aromatic nitrogens is 4. The largest absolute Gasteiger partial charge is 0.433 e. The van der Waals surface area contributed by atoms with Gasteiger partial charge in [-0.1, -0.05) is 20.8 Å². The Kier molecular flexibility index (Phi) is 3.27. The van der Waals surface area contributed by atoms with Crippen molar-refractivity contribution < 1.29 is 13.2 Å². The first-order valence-electron chi connectivity index (χ1n) is 7.16. The highest BCUT2D eigenvalue weighted by Gasteiger charge is 2.39. The molecule has 0 aromatic carbocycles. The zero-order chi connectivity index (χ0) is 16.1. The molecule has 1 aliphatic carbocycles. The highest BCUT2D eigenvalue weighted by Crippen LogP contribution is 2.47. The lowest BCUT2D eigenvalue weighted by Crippen LogP contribution is -2.20. The number of aromatic amines is 1. The Morgan fingerprint density at radius 1 is 1.18 bits per heavy atom. The average molecular weight is 310 g/mol. The van der Waals surface area contributed by atoms with Crippen LogP contribution in [0.1, 0.15) is 56.5 Å². The second-order valence-corrected chi connectivity index (χ2v) is 6.67. The lowest BCUT2D eigenvalue weighted by Gasteiger charge is -2.26. The summed E-state index contributed by atoms with van der Waals surface area (Å²) in [5, 5.41) is 6.44. The van der Waals surface area contributed by atoms with Crippen LogP contribution in [0.25, 0.3) is 11.4 Å². The van der Waals surface area contributed by atoms with Gasteiger partial charge in [0.2, 0.25) is 0 Å². The van der Waals surface area contributed by atoms with Crippen LogP contribution in [0.2, 0.25) is 0 Å². The summed E-state index contributed by atoms with van der Waals surface area (Å²) in [4.78, 5) is 8.00. The summed E-state index contributed by atoms with van der Waals surface area (Å²) >= 11 is 0. The third kappa shape index (κ3) is 2.71. The quantitative estimate of drug-likeness (QED) is 0.910. The maximum Gasteiger partial charge on any atom is 0.433 e. The molecule has 4 nitrogen and oxygen atoms in total. The summed E-state index contributed by atoms with van der Waals surface area (Å²) in [5.74, 6) is 0.456. The molecule has 0 amide bonds. The van der Waals surface area contributed by atoms with E-state index in [1.54, 1.807) is 0 Å². The molecule has 2 aromatic rings. The van der Waals surface area contributed by atoms with Crippen molar-refractivity contribution in [1.29, 1.82) is 0 Å². The van der Waals surface area contributed by atoms with E-state index in [0.29, 0.717) is 17.1 Å². The van der Waals surface area contributed by atoms with Gasteiger partial charge in [-0.3, -0.25) is 5.10 Å². The molecule has 0 aliphatic heterocycles. The van der Waals surface area contributed by atoms with Crippen molar-refractivity contribution in [3.63, 3.8) is 0 Å². The fraction of sp³-hybridized carbons (Fsp3) is 0.533. The third-order valence-corrected chi connectivity index (χ3v) is 3.72. The Bertz CT molecular complexity index is 680. The van der Waals surface area contributed by atoms with Gasteiger partial charge in [-0.05, 0) is 29.9 Å². The molecule has 0 radical (unpaired) electrons. The van der Waals surface area contributed by atoms with E-state index in [9.17, 15) is 13.2 Å². The van der Waals surface area contributed by atoms with Gasteiger partial charge in [0.05, 0.1) is 0 Å². The van der Waals surface area contributed by atoms with Crippen molar-refractivity contribution in [2.45, 2.75) is 51.1 Å². The van der Waals surface area contributed by atoms with Gasteiger partial charge in [0.1, 0.15) is 12.0 Å². The molecule has 3 rings (SSSR count). The van der Waals surface area contributed by atoms with E-state index in [-0.39, 0.29) is 11.3 Å². The van der Waals surface area contributed by atoms with Crippen molar-refractivity contribution in [1.82, 2.24) is 20.2 Å². The van der Waals surface area contributed by atoms with Crippen molar-refractivity contribution in [2.24, 2.45) is 0 Å². The molecule has 1 saturated carbocycles. The van der Waals surface area contributed by atoms with Gasteiger partial charge in [0, 0.05) is 17.2 Å². The number of nitrogens with one attached hydrogen (secondary N) is 1. The van der Waals surface area contributed by atoms with Crippen LogP contribution < -0.4 is 0 Å². The van der Waals surface area contributed by atoms with Crippen LogP contribution in [0.5, 0.6) is 0 Å². The fourth-order valence-corrected chi connectivity index (χ4v) is 2.67. The Labute approximate surface area is 126 Å². The number of halogens is 3. The van der Waals surface area contributed by atoms with Crippen LogP contribution in [-0.4, -0.2) is 20.2 Å². The maximum absolute atomic E-state index is 13.2. The van der Waals surface area contributed by atoms with Gasteiger partial charge < -0.3 is 0 Å². The number of nitrogens with zero attached hydrogens (tertiary/aromatic N) is 3.